The fraction of sp³-hybridized carbons (Fsp3) is 0.625. The highest BCUT2D eigenvalue weighted by atomic mass is 32.2. The summed E-state index contributed by atoms with van der Waals surface area (Å²) in [5, 5.41) is 0. The molecule has 0 aromatic heterocycles. The average molecular weight is 285 g/mol. The minimum atomic E-state index is 0.592. The van der Waals surface area contributed by atoms with Crippen LogP contribution in [0, 0.1) is 0 Å². The lowest BCUT2D eigenvalue weighted by atomic mass is 10.2. The van der Waals surface area contributed by atoms with Crippen LogP contribution in [0.1, 0.15) is 38.8 Å². The Hall–Kier alpha value is -0.0800. The van der Waals surface area contributed by atoms with Crippen LogP contribution in [0.4, 0.5) is 0 Å². The van der Waals surface area contributed by atoms with Crippen molar-refractivity contribution in [1.29, 1.82) is 0 Å². The Morgan fingerprint density at radius 3 is 1.11 bits per heavy atom. The third-order valence-electron chi connectivity index (χ3n) is 3.40. The second-order valence-corrected chi connectivity index (χ2v) is 9.82. The molecule has 102 valence electrons. The lowest BCUT2D eigenvalue weighted by molar-refractivity contribution is 1.29. The third kappa shape index (κ3) is 5.27. The van der Waals surface area contributed by atoms with Crippen LogP contribution in [-0.4, -0.2) is 23.0 Å². The van der Waals surface area contributed by atoms with Gasteiger partial charge in [0, 0.05) is 11.1 Å². The summed E-state index contributed by atoms with van der Waals surface area (Å²) < 4.78 is 0. The van der Waals surface area contributed by atoms with Crippen molar-refractivity contribution < 1.29 is 0 Å². The predicted octanol–water partition coefficient (Wildman–Crippen LogP) is 4.00. The number of hydrogen-bond donors (Lipinski definition) is 0. The molecule has 0 nitrogen and oxygen atoms in total. The van der Waals surface area contributed by atoms with Crippen LogP contribution in [-0.2, 0) is 33.3 Å². The summed E-state index contributed by atoms with van der Waals surface area (Å²) in [4.78, 5) is 0. The maximum Gasteiger partial charge on any atom is 0.133 e. The van der Waals surface area contributed by atoms with Gasteiger partial charge in [0.2, 0.25) is 0 Å². The van der Waals surface area contributed by atoms with Gasteiger partial charge < -0.3 is 0 Å². The van der Waals surface area contributed by atoms with Gasteiger partial charge in [-0.25, -0.2) is 0 Å². The molecule has 0 unspecified atom stereocenters. The molecule has 0 saturated heterocycles. The summed E-state index contributed by atoms with van der Waals surface area (Å²) >= 11 is 0. The van der Waals surface area contributed by atoms with Crippen LogP contribution < -0.4 is 0 Å². The second-order valence-electron chi connectivity index (χ2n) is 4.48. The quantitative estimate of drug-likeness (QED) is 0.633. The minimum absolute atomic E-state index is 0.592. The molecule has 1 rings (SSSR count). The van der Waals surface area contributed by atoms with E-state index in [1.807, 2.05) is 0 Å². The van der Waals surface area contributed by atoms with Gasteiger partial charge in [-0.2, -0.15) is 0 Å². The SMILES string of the molecule is CC[S+](CC)Cc1ccc(C[S+](CC)CC)cc1. The Bertz CT molecular complexity index is 277. The summed E-state index contributed by atoms with van der Waals surface area (Å²) in [7, 11) is 1.18. The third-order valence-corrected chi connectivity index (χ3v) is 8.15. The number of benzene rings is 1. The van der Waals surface area contributed by atoms with Crippen molar-refractivity contribution in [1.82, 2.24) is 0 Å². The predicted molar refractivity (Wildman–Crippen MR) is 90.7 cm³/mol. The number of hydrogen-bond acceptors (Lipinski definition) is 0. The first-order valence-electron chi connectivity index (χ1n) is 7.09. The Labute approximate surface area is 119 Å². The molecule has 0 fully saturated rings. The molecule has 0 N–H and O–H groups in total. The van der Waals surface area contributed by atoms with Crippen LogP contribution in [0.15, 0.2) is 24.3 Å². The first-order chi connectivity index (χ1) is 8.73. The molecule has 1 aromatic carbocycles. The summed E-state index contributed by atoms with van der Waals surface area (Å²) in [5.74, 6) is 7.86. The van der Waals surface area contributed by atoms with Crippen molar-refractivity contribution in [3.8, 4) is 0 Å². The van der Waals surface area contributed by atoms with Crippen molar-refractivity contribution in [2.45, 2.75) is 39.2 Å². The smallest absolute Gasteiger partial charge is 0.0539 e. The molecule has 0 radical (unpaired) electrons. The molecule has 0 aliphatic carbocycles. The van der Waals surface area contributed by atoms with Crippen LogP contribution in [0.5, 0.6) is 0 Å². The maximum atomic E-state index is 2.35. The highest BCUT2D eigenvalue weighted by Gasteiger charge is 2.15. The lowest BCUT2D eigenvalue weighted by Gasteiger charge is -2.07. The van der Waals surface area contributed by atoms with E-state index in [1.165, 1.54) is 45.6 Å². The molecule has 0 heterocycles. The monoisotopic (exact) mass is 284 g/mol. The second kappa shape index (κ2) is 8.92. The zero-order valence-electron chi connectivity index (χ0n) is 12.4. The van der Waals surface area contributed by atoms with Crippen LogP contribution >= 0.6 is 0 Å². The van der Waals surface area contributed by atoms with Crippen molar-refractivity contribution in [2.75, 3.05) is 23.0 Å². The Morgan fingerprint density at radius 1 is 0.611 bits per heavy atom. The summed E-state index contributed by atoms with van der Waals surface area (Å²) in [6.07, 6.45) is 0. The Balaban J connectivity index is 2.56. The van der Waals surface area contributed by atoms with E-state index in [9.17, 15) is 0 Å². The van der Waals surface area contributed by atoms with Gasteiger partial charge in [0.15, 0.2) is 0 Å². The van der Waals surface area contributed by atoms with E-state index in [4.69, 9.17) is 0 Å². The van der Waals surface area contributed by atoms with Crippen molar-refractivity contribution in [2.24, 2.45) is 0 Å². The summed E-state index contributed by atoms with van der Waals surface area (Å²) in [6.45, 7) is 9.26. The van der Waals surface area contributed by atoms with Gasteiger partial charge in [-0.05, 0) is 49.5 Å². The highest BCUT2D eigenvalue weighted by Crippen LogP contribution is 2.14. The normalized spacial score (nSPS) is 11.4. The fourth-order valence-corrected chi connectivity index (χ4v) is 4.98. The average Bonchev–Trinajstić information content (AvgIpc) is 2.43. The fourth-order valence-electron chi connectivity index (χ4n) is 2.02. The van der Waals surface area contributed by atoms with E-state index in [-0.39, 0.29) is 0 Å². The first kappa shape index (κ1) is 16.0. The molecule has 0 saturated carbocycles. The molecule has 0 aliphatic heterocycles. The van der Waals surface area contributed by atoms with Crippen molar-refractivity contribution in [3.63, 3.8) is 0 Å². The zero-order valence-corrected chi connectivity index (χ0v) is 14.0. The number of rotatable bonds is 8. The Kier molecular flexibility index (Phi) is 7.92. The van der Waals surface area contributed by atoms with E-state index < -0.39 is 0 Å². The molecular weight excluding hydrogens is 256 g/mol. The van der Waals surface area contributed by atoms with Crippen LogP contribution in [0.2, 0.25) is 0 Å². The van der Waals surface area contributed by atoms with Gasteiger partial charge >= 0.3 is 0 Å². The molecule has 2 heteroatoms. The van der Waals surface area contributed by atoms with E-state index >= 15 is 0 Å². The minimum Gasteiger partial charge on any atom is -0.0539 e. The topological polar surface area (TPSA) is 0 Å². The zero-order chi connectivity index (χ0) is 13.4. The molecule has 0 amide bonds. The highest BCUT2D eigenvalue weighted by molar-refractivity contribution is 7.96. The lowest BCUT2D eigenvalue weighted by Crippen LogP contribution is -2.12. The van der Waals surface area contributed by atoms with E-state index in [1.54, 1.807) is 0 Å². The Morgan fingerprint density at radius 2 is 0.889 bits per heavy atom. The molecule has 0 aliphatic rings. The van der Waals surface area contributed by atoms with Crippen molar-refractivity contribution >= 4 is 21.8 Å². The van der Waals surface area contributed by atoms with Gasteiger partial charge in [0.05, 0.1) is 0 Å². The van der Waals surface area contributed by atoms with Gasteiger partial charge in [-0.15, -0.1) is 0 Å². The standard InChI is InChI=1S/C16H28S2/c1-5-17(6-2)13-15-9-11-16(12-10-15)14-18(7-3)8-4/h9-12H,5-8,13-14H2,1-4H3/q+2. The van der Waals surface area contributed by atoms with Gasteiger partial charge in [-0.1, -0.05) is 24.3 Å². The van der Waals surface area contributed by atoms with Crippen LogP contribution in [0.3, 0.4) is 0 Å². The summed E-state index contributed by atoms with van der Waals surface area (Å²) in [5.41, 5.74) is 3.05. The molecule has 0 spiro atoms. The van der Waals surface area contributed by atoms with Crippen molar-refractivity contribution in [3.05, 3.63) is 35.4 Å². The van der Waals surface area contributed by atoms with E-state index in [0.717, 1.165) is 0 Å². The molecule has 18 heavy (non-hydrogen) atoms. The maximum absolute atomic E-state index is 2.35. The van der Waals surface area contributed by atoms with Crippen LogP contribution in [0.25, 0.3) is 0 Å². The van der Waals surface area contributed by atoms with Gasteiger partial charge in [0.1, 0.15) is 34.5 Å². The largest absolute Gasteiger partial charge is 0.133 e. The molecule has 1 aromatic rings. The van der Waals surface area contributed by atoms with Gasteiger partial charge in [-0.3, -0.25) is 0 Å². The molecule has 0 bridgehead atoms. The molecular formula is C16H28S2+2. The van der Waals surface area contributed by atoms with E-state index in [2.05, 4.69) is 52.0 Å². The van der Waals surface area contributed by atoms with Gasteiger partial charge in [0.25, 0.3) is 0 Å². The first-order valence-corrected chi connectivity index (χ1v) is 10.6. The van der Waals surface area contributed by atoms with E-state index in [0.29, 0.717) is 21.8 Å². The summed E-state index contributed by atoms with van der Waals surface area (Å²) in [6, 6.07) is 9.42. The molecule has 0 atom stereocenters.